The van der Waals surface area contributed by atoms with Crippen LogP contribution in [0.25, 0.3) is 0 Å². The van der Waals surface area contributed by atoms with Gasteiger partial charge in [0.1, 0.15) is 6.04 Å². The third-order valence-corrected chi connectivity index (χ3v) is 5.14. The Labute approximate surface area is 150 Å². The molecule has 0 bridgehead atoms. The lowest BCUT2D eigenvalue weighted by molar-refractivity contribution is -0.118. The minimum atomic E-state index is -0.576. The Hall–Kier alpha value is -2.34. The number of rotatable bonds is 3. The van der Waals surface area contributed by atoms with Crippen LogP contribution in [0.2, 0.25) is 5.02 Å². The lowest BCUT2D eigenvalue weighted by Gasteiger charge is -2.18. The number of aromatic nitrogens is 1. The molecule has 130 valence electrons. The molecule has 0 radical (unpaired) electrons. The number of amides is 2. The van der Waals surface area contributed by atoms with Gasteiger partial charge in [-0.1, -0.05) is 28.9 Å². The molecule has 1 fully saturated rings. The highest BCUT2D eigenvalue weighted by Crippen LogP contribution is 2.29. The molecule has 25 heavy (non-hydrogen) atoms. The molecule has 4 rings (SSSR count). The van der Waals surface area contributed by atoms with Gasteiger partial charge < -0.3 is 14.7 Å². The van der Waals surface area contributed by atoms with E-state index in [-0.39, 0.29) is 17.6 Å². The van der Waals surface area contributed by atoms with Crippen molar-refractivity contribution in [2.75, 3.05) is 11.4 Å². The molecule has 1 atom stereocenters. The highest BCUT2D eigenvalue weighted by Gasteiger charge is 2.36. The molecule has 2 heterocycles. The van der Waals surface area contributed by atoms with E-state index in [4.69, 9.17) is 16.1 Å². The Morgan fingerprint density at radius 3 is 2.92 bits per heavy atom. The molecule has 1 saturated heterocycles. The van der Waals surface area contributed by atoms with E-state index in [1.165, 1.54) is 0 Å². The van der Waals surface area contributed by atoms with Crippen molar-refractivity contribution in [2.45, 2.75) is 38.1 Å². The first-order chi connectivity index (χ1) is 12.1. The Bertz CT molecular complexity index is 833. The van der Waals surface area contributed by atoms with E-state index in [9.17, 15) is 9.59 Å². The highest BCUT2D eigenvalue weighted by molar-refractivity contribution is 6.34. The maximum Gasteiger partial charge on any atom is 0.290 e. The predicted molar refractivity (Wildman–Crippen MR) is 92.8 cm³/mol. The molecule has 2 amide bonds. The minimum absolute atomic E-state index is 0.158. The molecule has 6 nitrogen and oxygen atoms in total. The fourth-order valence-electron chi connectivity index (χ4n) is 3.52. The lowest BCUT2D eigenvalue weighted by Crippen LogP contribution is -2.41. The normalized spacial score (nSPS) is 19.8. The number of halogens is 1. The first-order valence-electron chi connectivity index (χ1n) is 8.49. The Morgan fingerprint density at radius 1 is 1.28 bits per heavy atom. The van der Waals surface area contributed by atoms with E-state index >= 15 is 0 Å². The van der Waals surface area contributed by atoms with Gasteiger partial charge in [-0.05, 0) is 44.2 Å². The zero-order chi connectivity index (χ0) is 17.4. The third-order valence-electron chi connectivity index (χ3n) is 4.82. The van der Waals surface area contributed by atoms with Crippen LogP contribution in [0.15, 0.2) is 28.8 Å². The van der Waals surface area contributed by atoms with Crippen molar-refractivity contribution in [1.82, 2.24) is 10.5 Å². The number of carbonyl (C=O) groups excluding carboxylic acids is 2. The number of nitrogens with zero attached hydrogens (tertiary/aromatic N) is 2. The van der Waals surface area contributed by atoms with Gasteiger partial charge in [-0.2, -0.15) is 0 Å². The molecule has 1 aliphatic carbocycles. The van der Waals surface area contributed by atoms with E-state index in [0.29, 0.717) is 23.7 Å². The predicted octanol–water partition coefficient (Wildman–Crippen LogP) is 2.74. The molecular weight excluding hydrogens is 342 g/mol. The fourth-order valence-corrected chi connectivity index (χ4v) is 3.75. The number of hydrogen-bond acceptors (Lipinski definition) is 4. The first kappa shape index (κ1) is 16.1. The summed E-state index contributed by atoms with van der Waals surface area (Å²) in [6.07, 6.45) is 4.26. The number of carbonyl (C=O) groups is 2. The van der Waals surface area contributed by atoms with E-state index in [2.05, 4.69) is 10.5 Å². The number of hydrogen-bond donors (Lipinski definition) is 1. The number of para-hydroxylation sites is 1. The number of aryl methyl sites for hydroxylation is 1. The van der Waals surface area contributed by atoms with Crippen molar-refractivity contribution in [1.29, 1.82) is 0 Å². The summed E-state index contributed by atoms with van der Waals surface area (Å²) in [7, 11) is 0. The molecule has 2 aromatic rings. The molecule has 1 aliphatic heterocycles. The van der Waals surface area contributed by atoms with Crippen LogP contribution in [0.1, 0.15) is 41.1 Å². The average molecular weight is 360 g/mol. The standard InChI is InChI=1S/C18H18ClN3O3/c19-12-6-2-4-8-15(12)22-10-9-14(18(22)24)20-17(23)16-11-5-1-3-7-13(11)21-25-16/h2,4,6,8,14H,1,3,5,7,9-10H2,(H,20,23). The Morgan fingerprint density at radius 2 is 2.08 bits per heavy atom. The Balaban J connectivity index is 1.49. The van der Waals surface area contributed by atoms with E-state index in [0.717, 1.165) is 36.9 Å². The van der Waals surface area contributed by atoms with Crippen molar-refractivity contribution in [2.24, 2.45) is 0 Å². The summed E-state index contributed by atoms with van der Waals surface area (Å²) in [6, 6.07) is 6.63. The van der Waals surface area contributed by atoms with E-state index < -0.39 is 6.04 Å². The van der Waals surface area contributed by atoms with Crippen molar-refractivity contribution < 1.29 is 14.1 Å². The van der Waals surface area contributed by atoms with Crippen molar-refractivity contribution >= 4 is 29.1 Å². The van der Waals surface area contributed by atoms with Gasteiger partial charge in [0, 0.05) is 12.1 Å². The molecule has 0 spiro atoms. The monoisotopic (exact) mass is 359 g/mol. The van der Waals surface area contributed by atoms with Crippen molar-refractivity contribution in [3.05, 3.63) is 46.3 Å². The van der Waals surface area contributed by atoms with Crippen molar-refractivity contribution in [3.63, 3.8) is 0 Å². The SMILES string of the molecule is O=C(NC1CCN(c2ccccc2Cl)C1=O)c1onc2c1CCCC2. The van der Waals surface area contributed by atoms with Crippen molar-refractivity contribution in [3.8, 4) is 0 Å². The molecule has 2 aliphatic rings. The van der Waals surface area contributed by atoms with Crippen LogP contribution >= 0.6 is 11.6 Å². The third kappa shape index (κ3) is 2.91. The summed E-state index contributed by atoms with van der Waals surface area (Å²) in [4.78, 5) is 26.8. The zero-order valence-corrected chi connectivity index (χ0v) is 14.4. The van der Waals surface area contributed by atoms with Gasteiger partial charge in [0.25, 0.3) is 5.91 Å². The van der Waals surface area contributed by atoms with E-state index in [1.54, 1.807) is 17.0 Å². The molecule has 0 saturated carbocycles. The molecule has 1 aromatic heterocycles. The molecule has 7 heteroatoms. The van der Waals surface area contributed by atoms with Gasteiger partial charge in [-0.25, -0.2) is 0 Å². The van der Waals surface area contributed by atoms with Gasteiger partial charge in [0.2, 0.25) is 11.7 Å². The molecule has 1 N–H and O–H groups in total. The van der Waals surface area contributed by atoms with Crippen LogP contribution in [-0.2, 0) is 17.6 Å². The maximum atomic E-state index is 12.7. The van der Waals surface area contributed by atoms with Crippen LogP contribution in [-0.4, -0.2) is 29.6 Å². The maximum absolute atomic E-state index is 12.7. The smallest absolute Gasteiger partial charge is 0.290 e. The second kappa shape index (κ2) is 6.52. The zero-order valence-electron chi connectivity index (χ0n) is 13.6. The fraction of sp³-hybridized carbons (Fsp3) is 0.389. The molecule has 1 aromatic carbocycles. The second-order valence-corrected chi connectivity index (χ2v) is 6.81. The average Bonchev–Trinajstić information content (AvgIpc) is 3.20. The first-order valence-corrected chi connectivity index (χ1v) is 8.87. The van der Waals surface area contributed by atoms with Crippen LogP contribution in [0.4, 0.5) is 5.69 Å². The van der Waals surface area contributed by atoms with Gasteiger partial charge in [-0.15, -0.1) is 0 Å². The topological polar surface area (TPSA) is 75.4 Å². The van der Waals surface area contributed by atoms with Gasteiger partial charge in [-0.3, -0.25) is 9.59 Å². The number of anilines is 1. The Kier molecular flexibility index (Phi) is 4.21. The second-order valence-electron chi connectivity index (χ2n) is 6.40. The van der Waals surface area contributed by atoms with E-state index in [1.807, 2.05) is 12.1 Å². The van der Waals surface area contributed by atoms with Crippen LogP contribution in [0.3, 0.4) is 0 Å². The van der Waals surface area contributed by atoms with Crippen LogP contribution < -0.4 is 10.2 Å². The summed E-state index contributed by atoms with van der Waals surface area (Å²) in [5.74, 6) is -0.275. The van der Waals surface area contributed by atoms with Crippen LogP contribution in [0.5, 0.6) is 0 Å². The quantitative estimate of drug-likeness (QED) is 0.914. The summed E-state index contributed by atoms with van der Waals surface area (Å²) in [5.41, 5.74) is 2.42. The van der Waals surface area contributed by atoms with Gasteiger partial charge >= 0.3 is 0 Å². The largest absolute Gasteiger partial charge is 0.350 e. The summed E-state index contributed by atoms with van der Waals surface area (Å²) in [5, 5.41) is 7.31. The molecular formula is C18H18ClN3O3. The minimum Gasteiger partial charge on any atom is -0.350 e. The number of benzene rings is 1. The summed E-state index contributed by atoms with van der Waals surface area (Å²) >= 11 is 6.18. The number of fused-ring (bicyclic) bond motifs is 1. The van der Waals surface area contributed by atoms with Gasteiger partial charge in [0.05, 0.1) is 16.4 Å². The number of nitrogens with one attached hydrogen (secondary N) is 1. The summed E-state index contributed by atoms with van der Waals surface area (Å²) < 4.78 is 5.25. The lowest BCUT2D eigenvalue weighted by atomic mass is 9.96. The molecule has 1 unspecified atom stereocenters. The van der Waals surface area contributed by atoms with Crippen LogP contribution in [0, 0.1) is 0 Å². The highest BCUT2D eigenvalue weighted by atomic mass is 35.5. The summed E-state index contributed by atoms with van der Waals surface area (Å²) in [6.45, 7) is 0.516. The van der Waals surface area contributed by atoms with Gasteiger partial charge in [0.15, 0.2) is 0 Å².